The molecular weight excluding hydrogens is 339 g/mol. The van der Waals surface area contributed by atoms with Crippen LogP contribution in [-0.2, 0) is 16.1 Å². The van der Waals surface area contributed by atoms with Crippen LogP contribution in [-0.4, -0.2) is 37.5 Å². The second-order valence-electron chi connectivity index (χ2n) is 5.68. The van der Waals surface area contributed by atoms with Crippen molar-refractivity contribution in [1.29, 1.82) is 0 Å². The lowest BCUT2D eigenvalue weighted by Crippen LogP contribution is -2.31. The molecule has 2 amide bonds. The number of carbonyl (C=O) groups excluding carboxylic acids is 2. The third-order valence-electron chi connectivity index (χ3n) is 3.61. The van der Waals surface area contributed by atoms with Crippen LogP contribution < -0.4 is 14.8 Å². The smallest absolute Gasteiger partial charge is 0.260 e. The first-order valence-electron chi connectivity index (χ1n) is 7.96. The number of amides is 2. The van der Waals surface area contributed by atoms with Gasteiger partial charge in [0.1, 0.15) is 5.75 Å². The standard InChI is InChI=1S/C19H21FN2O4/c1-13(23)21-16-6-4-5-7-18(16)26-12-19(24)22(2)11-14-8-9-17(25-3)15(20)10-14/h4-10H,11-12H2,1-3H3,(H,21,23). The fourth-order valence-electron chi connectivity index (χ4n) is 2.31. The Morgan fingerprint density at radius 2 is 1.88 bits per heavy atom. The molecule has 1 N–H and O–H groups in total. The largest absolute Gasteiger partial charge is 0.494 e. The Morgan fingerprint density at radius 1 is 1.15 bits per heavy atom. The molecule has 2 rings (SSSR count). The summed E-state index contributed by atoms with van der Waals surface area (Å²) in [5.41, 5.74) is 1.13. The Labute approximate surface area is 151 Å². The van der Waals surface area contributed by atoms with Crippen LogP contribution in [0.25, 0.3) is 0 Å². The highest BCUT2D eigenvalue weighted by molar-refractivity contribution is 5.90. The predicted octanol–water partition coefficient (Wildman–Crippen LogP) is 2.83. The number of halogens is 1. The number of nitrogens with one attached hydrogen (secondary N) is 1. The van der Waals surface area contributed by atoms with E-state index in [4.69, 9.17) is 9.47 Å². The van der Waals surface area contributed by atoms with Gasteiger partial charge in [-0.25, -0.2) is 4.39 Å². The molecule has 0 aromatic heterocycles. The normalized spacial score (nSPS) is 10.2. The van der Waals surface area contributed by atoms with Crippen molar-refractivity contribution in [2.75, 3.05) is 26.1 Å². The molecule has 7 heteroatoms. The number of hydrogen-bond donors (Lipinski definition) is 1. The Morgan fingerprint density at radius 3 is 2.54 bits per heavy atom. The van der Waals surface area contributed by atoms with Gasteiger partial charge in [-0.1, -0.05) is 18.2 Å². The number of anilines is 1. The first-order chi connectivity index (χ1) is 12.4. The molecule has 0 saturated carbocycles. The van der Waals surface area contributed by atoms with Gasteiger partial charge in [-0.15, -0.1) is 0 Å². The summed E-state index contributed by atoms with van der Waals surface area (Å²) < 4.78 is 24.1. The predicted molar refractivity (Wildman–Crippen MR) is 95.7 cm³/mol. The lowest BCUT2D eigenvalue weighted by Gasteiger charge is -2.18. The fraction of sp³-hybridized carbons (Fsp3) is 0.263. The minimum absolute atomic E-state index is 0.153. The molecule has 0 heterocycles. The van der Waals surface area contributed by atoms with E-state index in [-0.39, 0.29) is 30.7 Å². The Balaban J connectivity index is 1.95. The summed E-state index contributed by atoms with van der Waals surface area (Å²) in [6.07, 6.45) is 0. The van der Waals surface area contributed by atoms with Gasteiger partial charge in [0.05, 0.1) is 12.8 Å². The Hall–Kier alpha value is -3.09. The van der Waals surface area contributed by atoms with Crippen molar-refractivity contribution < 1.29 is 23.5 Å². The summed E-state index contributed by atoms with van der Waals surface area (Å²) >= 11 is 0. The van der Waals surface area contributed by atoms with E-state index in [1.165, 1.54) is 31.1 Å². The summed E-state index contributed by atoms with van der Waals surface area (Å²) in [7, 11) is 3.00. The third kappa shape index (κ3) is 5.20. The summed E-state index contributed by atoms with van der Waals surface area (Å²) in [6, 6.07) is 11.4. The molecule has 0 fully saturated rings. The number of likely N-dealkylation sites (N-methyl/N-ethyl adjacent to an activating group) is 1. The van der Waals surface area contributed by atoms with Gasteiger partial charge in [0.2, 0.25) is 5.91 Å². The van der Waals surface area contributed by atoms with Crippen molar-refractivity contribution >= 4 is 17.5 Å². The number of para-hydroxylation sites is 2. The van der Waals surface area contributed by atoms with E-state index in [1.54, 1.807) is 37.4 Å². The average molecular weight is 360 g/mol. The first kappa shape index (κ1) is 19.2. The van der Waals surface area contributed by atoms with Crippen LogP contribution in [0.2, 0.25) is 0 Å². The van der Waals surface area contributed by atoms with Crippen LogP contribution in [0.5, 0.6) is 11.5 Å². The Bertz CT molecular complexity index is 795. The van der Waals surface area contributed by atoms with Crippen molar-refractivity contribution in [3.8, 4) is 11.5 Å². The highest BCUT2D eigenvalue weighted by Crippen LogP contribution is 2.24. The van der Waals surface area contributed by atoms with Crippen LogP contribution in [0, 0.1) is 5.82 Å². The van der Waals surface area contributed by atoms with Gasteiger partial charge in [-0.3, -0.25) is 9.59 Å². The number of methoxy groups -OCH3 is 1. The fourth-order valence-corrected chi connectivity index (χ4v) is 2.31. The van der Waals surface area contributed by atoms with Gasteiger partial charge >= 0.3 is 0 Å². The SMILES string of the molecule is COc1ccc(CN(C)C(=O)COc2ccccc2NC(C)=O)cc1F. The minimum atomic E-state index is -0.480. The molecule has 2 aromatic carbocycles. The van der Waals surface area contributed by atoms with E-state index in [0.717, 1.165) is 0 Å². The summed E-state index contributed by atoms with van der Waals surface area (Å²) in [6.45, 7) is 1.42. The van der Waals surface area contributed by atoms with E-state index < -0.39 is 5.82 Å². The minimum Gasteiger partial charge on any atom is -0.494 e. The van der Waals surface area contributed by atoms with Gasteiger partial charge in [0, 0.05) is 20.5 Å². The van der Waals surface area contributed by atoms with Crippen molar-refractivity contribution in [2.45, 2.75) is 13.5 Å². The molecule has 0 saturated heterocycles. The molecule has 0 aliphatic carbocycles. The number of benzene rings is 2. The van der Waals surface area contributed by atoms with E-state index in [1.807, 2.05) is 0 Å². The highest BCUT2D eigenvalue weighted by atomic mass is 19.1. The lowest BCUT2D eigenvalue weighted by molar-refractivity contribution is -0.132. The van der Waals surface area contributed by atoms with Gasteiger partial charge in [-0.05, 0) is 29.8 Å². The quantitative estimate of drug-likeness (QED) is 0.824. The number of ether oxygens (including phenoxy) is 2. The average Bonchev–Trinajstić information content (AvgIpc) is 2.60. The molecule has 0 radical (unpaired) electrons. The molecule has 0 aliphatic rings. The van der Waals surface area contributed by atoms with Crippen molar-refractivity contribution in [2.24, 2.45) is 0 Å². The van der Waals surface area contributed by atoms with Crippen molar-refractivity contribution in [3.05, 3.63) is 53.8 Å². The van der Waals surface area contributed by atoms with Crippen LogP contribution in [0.1, 0.15) is 12.5 Å². The summed E-state index contributed by atoms with van der Waals surface area (Å²) in [5, 5.41) is 2.64. The molecule has 0 atom stereocenters. The summed E-state index contributed by atoms with van der Waals surface area (Å²) in [4.78, 5) is 24.9. The molecule has 2 aromatic rings. The van der Waals surface area contributed by atoms with E-state index in [0.29, 0.717) is 17.0 Å². The second-order valence-corrected chi connectivity index (χ2v) is 5.68. The zero-order chi connectivity index (χ0) is 19.1. The molecule has 0 bridgehead atoms. The zero-order valence-corrected chi connectivity index (χ0v) is 14.9. The summed E-state index contributed by atoms with van der Waals surface area (Å²) in [5.74, 6) is -0.434. The van der Waals surface area contributed by atoms with Gasteiger partial charge < -0.3 is 19.7 Å². The third-order valence-corrected chi connectivity index (χ3v) is 3.61. The maximum atomic E-state index is 13.7. The van der Waals surface area contributed by atoms with Gasteiger partial charge in [-0.2, -0.15) is 0 Å². The second kappa shape index (κ2) is 8.84. The van der Waals surface area contributed by atoms with Crippen molar-refractivity contribution in [1.82, 2.24) is 4.90 Å². The molecule has 6 nitrogen and oxygen atoms in total. The molecule has 0 aliphatic heterocycles. The lowest BCUT2D eigenvalue weighted by atomic mass is 10.2. The Kier molecular flexibility index (Phi) is 6.54. The van der Waals surface area contributed by atoms with Crippen LogP contribution in [0.15, 0.2) is 42.5 Å². The monoisotopic (exact) mass is 360 g/mol. The topological polar surface area (TPSA) is 67.9 Å². The van der Waals surface area contributed by atoms with E-state index >= 15 is 0 Å². The molecular formula is C19H21FN2O4. The molecule has 138 valence electrons. The zero-order valence-electron chi connectivity index (χ0n) is 14.9. The van der Waals surface area contributed by atoms with Gasteiger partial charge in [0.25, 0.3) is 5.91 Å². The number of rotatable bonds is 7. The molecule has 26 heavy (non-hydrogen) atoms. The number of nitrogens with zero attached hydrogens (tertiary/aromatic N) is 1. The van der Waals surface area contributed by atoms with E-state index in [2.05, 4.69) is 5.32 Å². The van der Waals surface area contributed by atoms with Crippen molar-refractivity contribution in [3.63, 3.8) is 0 Å². The maximum absolute atomic E-state index is 13.7. The van der Waals surface area contributed by atoms with Crippen LogP contribution in [0.4, 0.5) is 10.1 Å². The molecule has 0 spiro atoms. The maximum Gasteiger partial charge on any atom is 0.260 e. The van der Waals surface area contributed by atoms with Crippen LogP contribution >= 0.6 is 0 Å². The van der Waals surface area contributed by atoms with E-state index in [9.17, 15) is 14.0 Å². The molecule has 0 unspecified atom stereocenters. The number of hydrogen-bond acceptors (Lipinski definition) is 4. The van der Waals surface area contributed by atoms with Gasteiger partial charge in [0.15, 0.2) is 18.2 Å². The van der Waals surface area contributed by atoms with Crippen LogP contribution in [0.3, 0.4) is 0 Å². The number of carbonyl (C=O) groups is 2. The highest BCUT2D eigenvalue weighted by Gasteiger charge is 2.13. The first-order valence-corrected chi connectivity index (χ1v) is 7.96.